The maximum Gasteiger partial charge on any atom is 0.339 e. The lowest BCUT2D eigenvalue weighted by atomic mass is 10.1. The molecule has 1 N–H and O–H groups in total. The van der Waals surface area contributed by atoms with Gasteiger partial charge in [0.05, 0.1) is 17.9 Å². The van der Waals surface area contributed by atoms with Crippen molar-refractivity contribution < 1.29 is 14.3 Å². The first-order valence-corrected chi connectivity index (χ1v) is 8.22. The second-order valence-corrected chi connectivity index (χ2v) is 6.21. The Morgan fingerprint density at radius 3 is 2.57 bits per heavy atom. The third-order valence-corrected chi connectivity index (χ3v) is 3.92. The van der Waals surface area contributed by atoms with E-state index in [1.165, 1.54) is 6.07 Å². The van der Waals surface area contributed by atoms with Crippen molar-refractivity contribution in [1.29, 1.82) is 0 Å². The predicted molar refractivity (Wildman–Crippen MR) is 96.8 cm³/mol. The zero-order valence-electron chi connectivity index (χ0n) is 13.1. The first-order valence-electron chi connectivity index (χ1n) is 7.14. The number of nitrogens with one attached hydrogen (secondary N) is 1. The number of nitrogens with zero attached hydrogens (tertiary/aromatic N) is 1. The molecule has 2 aromatic rings. The number of rotatable bonds is 4. The highest BCUT2D eigenvalue weighted by Gasteiger charge is 2.15. The van der Waals surface area contributed by atoms with Gasteiger partial charge in [0.15, 0.2) is 0 Å². The summed E-state index contributed by atoms with van der Waals surface area (Å²) in [6, 6.07) is 8.85. The molecule has 0 aliphatic carbocycles. The lowest BCUT2D eigenvalue weighted by molar-refractivity contribution is 0.0524. The van der Waals surface area contributed by atoms with Crippen LogP contribution in [0.1, 0.15) is 39.0 Å². The lowest BCUT2D eigenvalue weighted by Crippen LogP contribution is -2.16. The van der Waals surface area contributed by atoms with Crippen molar-refractivity contribution in [3.05, 3.63) is 56.4 Å². The summed E-state index contributed by atoms with van der Waals surface area (Å²) in [6.45, 7) is 5.65. The summed E-state index contributed by atoms with van der Waals surface area (Å²) in [5.74, 6) is -0.745. The van der Waals surface area contributed by atoms with Crippen LogP contribution in [-0.2, 0) is 4.74 Å². The number of hydrogen-bond acceptors (Lipinski definition) is 4. The third-order valence-electron chi connectivity index (χ3n) is 3.25. The summed E-state index contributed by atoms with van der Waals surface area (Å²) in [5.41, 5.74) is 2.81. The quantitative estimate of drug-likeness (QED) is 0.600. The molecule has 120 valence electrons. The summed E-state index contributed by atoms with van der Waals surface area (Å²) >= 11 is 2.22. The minimum Gasteiger partial charge on any atom is -0.462 e. The van der Waals surface area contributed by atoms with E-state index in [1.54, 1.807) is 19.9 Å². The average molecular weight is 424 g/mol. The second kappa shape index (κ2) is 7.54. The summed E-state index contributed by atoms with van der Waals surface area (Å²) < 4.78 is 6.05. The summed E-state index contributed by atoms with van der Waals surface area (Å²) in [5, 5.41) is 2.83. The molecule has 0 bridgehead atoms. The van der Waals surface area contributed by atoms with Gasteiger partial charge in [-0.15, -0.1) is 0 Å². The summed E-state index contributed by atoms with van der Waals surface area (Å²) in [7, 11) is 0. The summed E-state index contributed by atoms with van der Waals surface area (Å²) in [4.78, 5) is 28.3. The second-order valence-electron chi connectivity index (χ2n) is 4.96. The van der Waals surface area contributed by atoms with Crippen LogP contribution in [0.4, 0.5) is 5.69 Å². The van der Waals surface area contributed by atoms with Crippen LogP contribution in [0, 0.1) is 17.4 Å². The SMILES string of the molecule is CCOC(=O)c1ccc(C(=O)Nc2ccc(I)cc2C)nc1C. The fourth-order valence-corrected chi connectivity index (χ4v) is 2.71. The molecular formula is C17H17IN2O3. The van der Waals surface area contributed by atoms with Crippen molar-refractivity contribution in [3.63, 3.8) is 0 Å². The Morgan fingerprint density at radius 2 is 1.96 bits per heavy atom. The molecule has 5 nitrogen and oxygen atoms in total. The zero-order valence-corrected chi connectivity index (χ0v) is 15.3. The monoisotopic (exact) mass is 424 g/mol. The van der Waals surface area contributed by atoms with Gasteiger partial charge in [-0.2, -0.15) is 0 Å². The van der Waals surface area contributed by atoms with Crippen LogP contribution in [0.2, 0.25) is 0 Å². The summed E-state index contributed by atoms with van der Waals surface area (Å²) in [6.07, 6.45) is 0. The number of amides is 1. The fourth-order valence-electron chi connectivity index (χ4n) is 2.07. The number of ether oxygens (including phenoxy) is 1. The maximum atomic E-state index is 12.3. The highest BCUT2D eigenvalue weighted by molar-refractivity contribution is 14.1. The molecule has 23 heavy (non-hydrogen) atoms. The molecule has 0 aliphatic rings. The first-order chi connectivity index (χ1) is 10.9. The van der Waals surface area contributed by atoms with E-state index in [2.05, 4.69) is 32.9 Å². The van der Waals surface area contributed by atoms with Crippen molar-refractivity contribution in [1.82, 2.24) is 4.98 Å². The van der Waals surface area contributed by atoms with E-state index in [0.29, 0.717) is 17.9 Å². The Balaban J connectivity index is 2.20. The van der Waals surface area contributed by atoms with Gasteiger partial charge >= 0.3 is 5.97 Å². The van der Waals surface area contributed by atoms with Gasteiger partial charge < -0.3 is 10.1 Å². The molecule has 1 aromatic heterocycles. The van der Waals surface area contributed by atoms with Crippen LogP contribution >= 0.6 is 22.6 Å². The molecule has 0 fully saturated rings. The lowest BCUT2D eigenvalue weighted by Gasteiger charge is -2.10. The number of carbonyl (C=O) groups is 2. The van der Waals surface area contributed by atoms with E-state index in [0.717, 1.165) is 14.8 Å². The van der Waals surface area contributed by atoms with E-state index in [4.69, 9.17) is 4.74 Å². The molecule has 1 heterocycles. The van der Waals surface area contributed by atoms with Gasteiger partial charge in [-0.25, -0.2) is 9.78 Å². The molecule has 0 spiro atoms. The highest BCUT2D eigenvalue weighted by Crippen LogP contribution is 2.18. The van der Waals surface area contributed by atoms with Crippen LogP contribution in [0.5, 0.6) is 0 Å². The Kier molecular flexibility index (Phi) is 5.70. The number of pyridine rings is 1. The average Bonchev–Trinajstić information content (AvgIpc) is 2.50. The van der Waals surface area contributed by atoms with Gasteiger partial charge in [-0.05, 0) is 79.3 Å². The van der Waals surface area contributed by atoms with E-state index in [-0.39, 0.29) is 11.6 Å². The van der Waals surface area contributed by atoms with E-state index >= 15 is 0 Å². The first kappa shape index (κ1) is 17.4. The number of halogens is 1. The number of hydrogen-bond donors (Lipinski definition) is 1. The smallest absolute Gasteiger partial charge is 0.339 e. The van der Waals surface area contributed by atoms with Crippen LogP contribution in [0.3, 0.4) is 0 Å². The number of carbonyl (C=O) groups excluding carboxylic acids is 2. The van der Waals surface area contributed by atoms with Gasteiger partial charge in [-0.3, -0.25) is 4.79 Å². The van der Waals surface area contributed by atoms with Crippen molar-refractivity contribution in [2.24, 2.45) is 0 Å². The van der Waals surface area contributed by atoms with Crippen LogP contribution in [0.25, 0.3) is 0 Å². The van der Waals surface area contributed by atoms with Crippen molar-refractivity contribution in [3.8, 4) is 0 Å². The Morgan fingerprint density at radius 1 is 1.22 bits per heavy atom. The number of benzene rings is 1. The Bertz CT molecular complexity index is 759. The minimum atomic E-state index is -0.432. The van der Waals surface area contributed by atoms with Gasteiger partial charge in [0, 0.05) is 9.26 Å². The molecule has 1 aromatic carbocycles. The Hall–Kier alpha value is -1.96. The predicted octanol–water partition coefficient (Wildman–Crippen LogP) is 3.73. The van der Waals surface area contributed by atoms with E-state index < -0.39 is 5.97 Å². The van der Waals surface area contributed by atoms with Gasteiger partial charge in [0.2, 0.25) is 0 Å². The van der Waals surface area contributed by atoms with Gasteiger partial charge in [0.1, 0.15) is 5.69 Å². The van der Waals surface area contributed by atoms with Crippen molar-refractivity contribution >= 4 is 40.2 Å². The normalized spacial score (nSPS) is 10.3. The van der Waals surface area contributed by atoms with Crippen LogP contribution in [-0.4, -0.2) is 23.5 Å². The number of aryl methyl sites for hydroxylation is 2. The van der Waals surface area contributed by atoms with Gasteiger partial charge in [0.25, 0.3) is 5.91 Å². The molecule has 0 atom stereocenters. The van der Waals surface area contributed by atoms with Crippen LogP contribution < -0.4 is 5.32 Å². The van der Waals surface area contributed by atoms with Crippen LogP contribution in [0.15, 0.2) is 30.3 Å². The van der Waals surface area contributed by atoms with Gasteiger partial charge in [-0.1, -0.05) is 0 Å². The number of aromatic nitrogens is 1. The largest absolute Gasteiger partial charge is 0.462 e. The standard InChI is InChI=1S/C17H17IN2O3/c1-4-23-17(22)13-6-8-15(19-11(13)3)16(21)20-14-7-5-12(18)9-10(14)2/h5-9H,4H2,1-3H3,(H,20,21). The van der Waals surface area contributed by atoms with E-state index in [9.17, 15) is 9.59 Å². The zero-order chi connectivity index (χ0) is 17.0. The molecule has 6 heteroatoms. The molecular weight excluding hydrogens is 407 g/mol. The topological polar surface area (TPSA) is 68.3 Å². The maximum absolute atomic E-state index is 12.3. The molecule has 1 amide bonds. The van der Waals surface area contributed by atoms with E-state index in [1.807, 2.05) is 25.1 Å². The molecule has 0 saturated carbocycles. The number of esters is 1. The Labute approximate surface area is 148 Å². The molecule has 0 radical (unpaired) electrons. The molecule has 0 unspecified atom stereocenters. The minimum absolute atomic E-state index is 0.258. The molecule has 0 aliphatic heterocycles. The number of anilines is 1. The molecule has 2 rings (SSSR count). The highest BCUT2D eigenvalue weighted by atomic mass is 127. The fraction of sp³-hybridized carbons (Fsp3) is 0.235. The third kappa shape index (κ3) is 4.28. The van der Waals surface area contributed by atoms with Crippen molar-refractivity contribution in [2.75, 3.05) is 11.9 Å². The van der Waals surface area contributed by atoms with Crippen molar-refractivity contribution in [2.45, 2.75) is 20.8 Å². The molecule has 0 saturated heterocycles.